The molecule has 5 heteroatoms. The Kier molecular flexibility index (Phi) is 5.46. The SMILES string of the molecule is c1ccc(-c2ccc(CNCC3(N4CCOCC4)CCSC3)o2)cc1. The highest BCUT2D eigenvalue weighted by atomic mass is 32.2. The lowest BCUT2D eigenvalue weighted by Gasteiger charge is -2.43. The van der Waals surface area contributed by atoms with E-state index in [9.17, 15) is 0 Å². The first kappa shape index (κ1) is 17.2. The van der Waals surface area contributed by atoms with E-state index < -0.39 is 0 Å². The van der Waals surface area contributed by atoms with Crippen molar-refractivity contribution < 1.29 is 9.15 Å². The largest absolute Gasteiger partial charge is 0.460 e. The van der Waals surface area contributed by atoms with Gasteiger partial charge in [-0.25, -0.2) is 0 Å². The molecule has 134 valence electrons. The molecule has 4 nitrogen and oxygen atoms in total. The van der Waals surface area contributed by atoms with Crippen LogP contribution >= 0.6 is 11.8 Å². The fourth-order valence-electron chi connectivity index (χ4n) is 3.78. The molecule has 0 amide bonds. The summed E-state index contributed by atoms with van der Waals surface area (Å²) in [5, 5.41) is 3.66. The maximum Gasteiger partial charge on any atom is 0.134 e. The van der Waals surface area contributed by atoms with E-state index in [4.69, 9.17) is 9.15 Å². The third-order valence-electron chi connectivity index (χ3n) is 5.24. The Morgan fingerprint density at radius 3 is 2.68 bits per heavy atom. The lowest BCUT2D eigenvalue weighted by atomic mass is 9.95. The molecule has 2 aliphatic rings. The van der Waals surface area contributed by atoms with Gasteiger partial charge in [-0.3, -0.25) is 4.90 Å². The molecule has 2 fully saturated rings. The van der Waals surface area contributed by atoms with Crippen molar-refractivity contribution in [3.05, 3.63) is 48.2 Å². The van der Waals surface area contributed by atoms with E-state index in [1.165, 1.54) is 17.9 Å². The summed E-state index contributed by atoms with van der Waals surface area (Å²) in [7, 11) is 0. The summed E-state index contributed by atoms with van der Waals surface area (Å²) in [6.07, 6.45) is 1.26. The maximum atomic E-state index is 6.01. The van der Waals surface area contributed by atoms with Gasteiger partial charge in [0.05, 0.1) is 19.8 Å². The molecule has 1 N–H and O–H groups in total. The van der Waals surface area contributed by atoms with Crippen LogP contribution in [0, 0.1) is 0 Å². The first-order valence-electron chi connectivity index (χ1n) is 9.11. The molecule has 0 spiro atoms. The van der Waals surface area contributed by atoms with Crippen molar-refractivity contribution in [1.82, 2.24) is 10.2 Å². The molecule has 25 heavy (non-hydrogen) atoms. The highest BCUT2D eigenvalue weighted by Gasteiger charge is 2.40. The number of hydrogen-bond acceptors (Lipinski definition) is 5. The predicted octanol–water partition coefficient (Wildman–Crippen LogP) is 3.24. The van der Waals surface area contributed by atoms with Crippen molar-refractivity contribution in [3.63, 3.8) is 0 Å². The first-order chi connectivity index (χ1) is 12.4. The van der Waals surface area contributed by atoms with Crippen molar-refractivity contribution >= 4 is 11.8 Å². The molecule has 2 aromatic rings. The van der Waals surface area contributed by atoms with Gasteiger partial charge < -0.3 is 14.5 Å². The average molecular weight is 359 g/mol. The summed E-state index contributed by atoms with van der Waals surface area (Å²) in [4.78, 5) is 2.64. The molecular weight excluding hydrogens is 332 g/mol. The minimum absolute atomic E-state index is 0.281. The molecule has 2 saturated heterocycles. The molecule has 1 atom stereocenters. The molecule has 0 radical (unpaired) electrons. The lowest BCUT2D eigenvalue weighted by molar-refractivity contribution is -0.0135. The standard InChI is InChI=1S/C20H26N2O2S/c1-2-4-17(5-3-1)19-7-6-18(24-19)14-21-15-20(8-13-25-16-20)22-9-11-23-12-10-22/h1-7,21H,8-16H2. The van der Waals surface area contributed by atoms with Gasteiger partial charge in [0.1, 0.15) is 11.5 Å². The van der Waals surface area contributed by atoms with Crippen LogP contribution in [0.2, 0.25) is 0 Å². The zero-order valence-corrected chi connectivity index (χ0v) is 15.4. The van der Waals surface area contributed by atoms with Gasteiger partial charge in [-0.2, -0.15) is 11.8 Å². The highest BCUT2D eigenvalue weighted by molar-refractivity contribution is 7.99. The number of hydrogen-bond donors (Lipinski definition) is 1. The summed E-state index contributed by atoms with van der Waals surface area (Å²) in [6, 6.07) is 14.4. The van der Waals surface area contributed by atoms with Gasteiger partial charge in [0.15, 0.2) is 0 Å². The second-order valence-electron chi connectivity index (χ2n) is 6.86. The fraction of sp³-hybridized carbons (Fsp3) is 0.500. The van der Waals surface area contributed by atoms with Gasteiger partial charge in [-0.1, -0.05) is 30.3 Å². The Labute approximate surface area is 153 Å². The molecular formula is C20H26N2O2S. The summed E-state index contributed by atoms with van der Waals surface area (Å²) < 4.78 is 11.6. The quantitative estimate of drug-likeness (QED) is 0.858. The van der Waals surface area contributed by atoms with Crippen LogP contribution in [0.3, 0.4) is 0 Å². The normalized spacial score (nSPS) is 24.6. The van der Waals surface area contributed by atoms with Crippen molar-refractivity contribution in [2.75, 3.05) is 44.4 Å². The van der Waals surface area contributed by atoms with Crippen LogP contribution in [0.4, 0.5) is 0 Å². The topological polar surface area (TPSA) is 37.6 Å². The molecule has 1 unspecified atom stereocenters. The van der Waals surface area contributed by atoms with Gasteiger partial charge in [0, 0.05) is 36.5 Å². The number of morpholine rings is 1. The molecule has 2 aliphatic heterocycles. The van der Waals surface area contributed by atoms with Crippen LogP contribution in [-0.4, -0.2) is 54.8 Å². The summed E-state index contributed by atoms with van der Waals surface area (Å²) in [6.45, 7) is 5.64. The van der Waals surface area contributed by atoms with Crippen molar-refractivity contribution in [2.45, 2.75) is 18.5 Å². The van der Waals surface area contributed by atoms with Crippen LogP contribution in [0.1, 0.15) is 12.2 Å². The van der Waals surface area contributed by atoms with Crippen molar-refractivity contribution in [1.29, 1.82) is 0 Å². The average Bonchev–Trinajstić information content (AvgIpc) is 3.34. The Morgan fingerprint density at radius 1 is 1.08 bits per heavy atom. The Morgan fingerprint density at radius 2 is 1.92 bits per heavy atom. The van der Waals surface area contributed by atoms with E-state index in [1.807, 2.05) is 18.2 Å². The second kappa shape index (κ2) is 7.96. The second-order valence-corrected chi connectivity index (χ2v) is 7.97. The van der Waals surface area contributed by atoms with Crippen LogP contribution in [0.5, 0.6) is 0 Å². The van der Waals surface area contributed by atoms with E-state index >= 15 is 0 Å². The molecule has 3 heterocycles. The molecule has 0 saturated carbocycles. The van der Waals surface area contributed by atoms with Gasteiger partial charge in [0.2, 0.25) is 0 Å². The smallest absolute Gasteiger partial charge is 0.134 e. The lowest BCUT2D eigenvalue weighted by Crippen LogP contribution is -2.58. The number of ether oxygens (including phenoxy) is 1. The number of nitrogens with one attached hydrogen (secondary N) is 1. The van der Waals surface area contributed by atoms with Crippen LogP contribution in [0.15, 0.2) is 46.9 Å². The van der Waals surface area contributed by atoms with Crippen LogP contribution in [-0.2, 0) is 11.3 Å². The number of thioether (sulfide) groups is 1. The summed E-state index contributed by atoms with van der Waals surface area (Å²) in [5.74, 6) is 4.42. The molecule has 1 aromatic heterocycles. The fourth-order valence-corrected chi connectivity index (χ4v) is 5.26. The van der Waals surface area contributed by atoms with E-state index in [1.54, 1.807) is 0 Å². The van der Waals surface area contributed by atoms with Crippen LogP contribution in [0.25, 0.3) is 11.3 Å². The Hall–Kier alpha value is -1.27. The third kappa shape index (κ3) is 3.95. The number of furan rings is 1. The van der Waals surface area contributed by atoms with Gasteiger partial charge >= 0.3 is 0 Å². The zero-order chi connectivity index (χ0) is 17.0. The first-order valence-corrected chi connectivity index (χ1v) is 10.3. The minimum atomic E-state index is 0.281. The van der Waals surface area contributed by atoms with Crippen molar-refractivity contribution in [3.8, 4) is 11.3 Å². The molecule has 1 aromatic carbocycles. The number of rotatable bonds is 6. The van der Waals surface area contributed by atoms with Gasteiger partial charge in [-0.05, 0) is 24.3 Å². The Bertz CT molecular complexity index is 661. The molecule has 0 aliphatic carbocycles. The summed E-state index contributed by atoms with van der Waals surface area (Å²) in [5.41, 5.74) is 1.41. The summed E-state index contributed by atoms with van der Waals surface area (Å²) >= 11 is 2.08. The minimum Gasteiger partial charge on any atom is -0.460 e. The van der Waals surface area contributed by atoms with E-state index in [2.05, 4.69) is 46.2 Å². The monoisotopic (exact) mass is 358 g/mol. The van der Waals surface area contributed by atoms with Crippen LogP contribution < -0.4 is 5.32 Å². The third-order valence-corrected chi connectivity index (χ3v) is 6.47. The highest BCUT2D eigenvalue weighted by Crippen LogP contribution is 2.33. The number of nitrogens with zero attached hydrogens (tertiary/aromatic N) is 1. The predicted molar refractivity (Wildman–Crippen MR) is 103 cm³/mol. The number of benzene rings is 1. The maximum absolute atomic E-state index is 6.01. The Balaban J connectivity index is 1.35. The van der Waals surface area contributed by atoms with Gasteiger partial charge in [-0.15, -0.1) is 0 Å². The van der Waals surface area contributed by atoms with Crippen molar-refractivity contribution in [2.24, 2.45) is 0 Å². The zero-order valence-electron chi connectivity index (χ0n) is 14.6. The van der Waals surface area contributed by atoms with E-state index in [0.717, 1.165) is 56.5 Å². The molecule has 4 rings (SSSR count). The molecule has 0 bridgehead atoms. The van der Waals surface area contributed by atoms with E-state index in [0.29, 0.717) is 0 Å². The van der Waals surface area contributed by atoms with E-state index in [-0.39, 0.29) is 5.54 Å². The van der Waals surface area contributed by atoms with Gasteiger partial charge in [0.25, 0.3) is 0 Å².